The molecule has 0 radical (unpaired) electrons. The summed E-state index contributed by atoms with van der Waals surface area (Å²) in [6.45, 7) is 4.63. The summed E-state index contributed by atoms with van der Waals surface area (Å²) in [4.78, 5) is 0. The number of rotatable bonds is 3. The molecule has 0 saturated heterocycles. The monoisotopic (exact) mass is 260 g/mol. The molecule has 3 rings (SSSR count). The Morgan fingerprint density at radius 3 is 3.11 bits per heavy atom. The van der Waals surface area contributed by atoms with Crippen LogP contribution in [-0.4, -0.2) is 22.8 Å². The van der Waals surface area contributed by atoms with Crippen molar-refractivity contribution in [3.05, 3.63) is 47.8 Å². The van der Waals surface area contributed by atoms with E-state index in [1.807, 2.05) is 18.2 Å². The predicted molar refractivity (Wildman–Crippen MR) is 74.8 cm³/mol. The maximum absolute atomic E-state index is 6.07. The molecule has 0 unspecified atom stereocenters. The Labute approximate surface area is 110 Å². The van der Waals surface area contributed by atoms with Crippen LogP contribution >= 0.6 is 11.6 Å². The Morgan fingerprint density at radius 2 is 2.33 bits per heavy atom. The number of hydrogen-bond donors (Lipinski definition) is 3. The van der Waals surface area contributed by atoms with Gasteiger partial charge in [0.05, 0.1) is 17.8 Å². The SMILES string of the molecule is C=C1C=C[C@@H](CNc2cc(Cl)cc3[nH]ncc23)N1. The van der Waals surface area contributed by atoms with E-state index in [4.69, 9.17) is 11.6 Å². The van der Waals surface area contributed by atoms with E-state index in [0.29, 0.717) is 5.02 Å². The maximum atomic E-state index is 6.07. The topological polar surface area (TPSA) is 52.7 Å². The number of aromatic amines is 1. The van der Waals surface area contributed by atoms with Gasteiger partial charge in [-0.15, -0.1) is 0 Å². The average Bonchev–Trinajstić information content (AvgIpc) is 2.94. The summed E-state index contributed by atoms with van der Waals surface area (Å²) in [5, 5.41) is 15.3. The molecule has 1 aromatic heterocycles. The van der Waals surface area contributed by atoms with Gasteiger partial charge in [0.15, 0.2) is 0 Å². The van der Waals surface area contributed by atoms with E-state index in [1.165, 1.54) is 0 Å². The predicted octanol–water partition coefficient (Wildman–Crippen LogP) is 2.67. The molecular formula is C13H13ClN4. The van der Waals surface area contributed by atoms with Gasteiger partial charge in [-0.25, -0.2) is 0 Å². The third-order valence-corrected chi connectivity index (χ3v) is 3.15. The Kier molecular flexibility index (Phi) is 2.72. The van der Waals surface area contributed by atoms with Crippen LogP contribution in [0.3, 0.4) is 0 Å². The number of halogens is 1. The Bertz CT molecular complexity index is 629. The van der Waals surface area contributed by atoms with Gasteiger partial charge >= 0.3 is 0 Å². The van der Waals surface area contributed by atoms with Crippen LogP contribution in [0.5, 0.6) is 0 Å². The highest BCUT2D eigenvalue weighted by molar-refractivity contribution is 6.31. The van der Waals surface area contributed by atoms with Crippen molar-refractivity contribution in [2.45, 2.75) is 6.04 Å². The first kappa shape index (κ1) is 11.2. The molecule has 2 heterocycles. The number of nitrogens with zero attached hydrogens (tertiary/aromatic N) is 1. The van der Waals surface area contributed by atoms with Crippen molar-refractivity contribution in [2.24, 2.45) is 0 Å². The summed E-state index contributed by atoms with van der Waals surface area (Å²) >= 11 is 6.07. The normalized spacial score (nSPS) is 18.3. The van der Waals surface area contributed by atoms with Crippen molar-refractivity contribution < 1.29 is 0 Å². The second-order valence-electron chi connectivity index (χ2n) is 4.30. The highest BCUT2D eigenvalue weighted by Gasteiger charge is 2.11. The zero-order valence-electron chi connectivity index (χ0n) is 9.70. The van der Waals surface area contributed by atoms with Gasteiger partial charge in [0.1, 0.15) is 0 Å². The van der Waals surface area contributed by atoms with Gasteiger partial charge in [-0.1, -0.05) is 24.3 Å². The lowest BCUT2D eigenvalue weighted by Crippen LogP contribution is -2.28. The van der Waals surface area contributed by atoms with Crippen LogP contribution in [0.25, 0.3) is 10.9 Å². The van der Waals surface area contributed by atoms with E-state index in [1.54, 1.807) is 6.20 Å². The van der Waals surface area contributed by atoms with Crippen LogP contribution in [0.15, 0.2) is 42.8 Å². The second kappa shape index (κ2) is 4.38. The fraction of sp³-hybridized carbons (Fsp3) is 0.154. The van der Waals surface area contributed by atoms with Gasteiger partial charge in [0.2, 0.25) is 0 Å². The molecule has 4 nitrogen and oxygen atoms in total. The molecule has 92 valence electrons. The number of fused-ring (bicyclic) bond motifs is 1. The number of nitrogens with one attached hydrogen (secondary N) is 3. The number of anilines is 1. The first-order valence-corrected chi connectivity index (χ1v) is 6.10. The number of aromatic nitrogens is 2. The van der Waals surface area contributed by atoms with Crippen LogP contribution in [0.4, 0.5) is 5.69 Å². The number of hydrogen-bond acceptors (Lipinski definition) is 3. The van der Waals surface area contributed by atoms with E-state index in [-0.39, 0.29) is 6.04 Å². The molecule has 1 atom stereocenters. The third-order valence-electron chi connectivity index (χ3n) is 2.94. The molecule has 1 aliphatic rings. The number of H-pyrrole nitrogens is 1. The van der Waals surface area contributed by atoms with Crippen LogP contribution < -0.4 is 10.6 Å². The van der Waals surface area contributed by atoms with E-state index < -0.39 is 0 Å². The summed E-state index contributed by atoms with van der Waals surface area (Å²) < 4.78 is 0. The van der Waals surface area contributed by atoms with Crippen molar-refractivity contribution in [2.75, 3.05) is 11.9 Å². The highest BCUT2D eigenvalue weighted by Crippen LogP contribution is 2.26. The molecule has 18 heavy (non-hydrogen) atoms. The maximum Gasteiger partial charge on any atom is 0.0686 e. The van der Waals surface area contributed by atoms with Crippen LogP contribution in [0.2, 0.25) is 5.02 Å². The van der Waals surface area contributed by atoms with Crippen molar-refractivity contribution in [1.29, 1.82) is 0 Å². The molecule has 0 spiro atoms. The van der Waals surface area contributed by atoms with Crippen LogP contribution in [0, 0.1) is 0 Å². The lowest BCUT2D eigenvalue weighted by molar-refractivity contribution is 0.740. The van der Waals surface area contributed by atoms with E-state index in [0.717, 1.165) is 28.8 Å². The Morgan fingerprint density at radius 1 is 1.44 bits per heavy atom. The van der Waals surface area contributed by atoms with E-state index >= 15 is 0 Å². The summed E-state index contributed by atoms with van der Waals surface area (Å²) in [5.41, 5.74) is 2.87. The van der Waals surface area contributed by atoms with Crippen molar-refractivity contribution in [3.63, 3.8) is 0 Å². The quantitative estimate of drug-likeness (QED) is 0.795. The summed E-state index contributed by atoms with van der Waals surface area (Å²) in [7, 11) is 0. The van der Waals surface area contributed by atoms with Gasteiger partial charge in [0, 0.05) is 28.3 Å². The Balaban J connectivity index is 1.80. The summed E-state index contributed by atoms with van der Waals surface area (Å²) in [6.07, 6.45) is 5.87. The fourth-order valence-corrected chi connectivity index (χ4v) is 2.29. The smallest absolute Gasteiger partial charge is 0.0686 e. The molecule has 0 fully saturated rings. The van der Waals surface area contributed by atoms with Crippen molar-refractivity contribution in [1.82, 2.24) is 15.5 Å². The van der Waals surface area contributed by atoms with Crippen molar-refractivity contribution >= 4 is 28.2 Å². The van der Waals surface area contributed by atoms with Gasteiger partial charge in [-0.3, -0.25) is 5.10 Å². The van der Waals surface area contributed by atoms with Crippen molar-refractivity contribution in [3.8, 4) is 0 Å². The number of benzene rings is 1. The molecule has 1 aliphatic heterocycles. The Hall–Kier alpha value is -1.94. The summed E-state index contributed by atoms with van der Waals surface area (Å²) in [5.74, 6) is 0. The first-order valence-electron chi connectivity index (χ1n) is 5.72. The van der Waals surface area contributed by atoms with Gasteiger partial charge in [0.25, 0.3) is 0 Å². The lowest BCUT2D eigenvalue weighted by atomic mass is 10.2. The first-order chi connectivity index (χ1) is 8.72. The molecule has 3 N–H and O–H groups in total. The van der Waals surface area contributed by atoms with Crippen LogP contribution in [-0.2, 0) is 0 Å². The number of allylic oxidation sites excluding steroid dienone is 1. The zero-order chi connectivity index (χ0) is 12.5. The minimum Gasteiger partial charge on any atom is -0.382 e. The molecule has 0 amide bonds. The molecule has 5 heteroatoms. The van der Waals surface area contributed by atoms with Gasteiger partial charge in [-0.05, 0) is 18.2 Å². The molecule has 1 aromatic carbocycles. The average molecular weight is 261 g/mol. The second-order valence-corrected chi connectivity index (χ2v) is 4.74. The fourth-order valence-electron chi connectivity index (χ4n) is 2.07. The molecular weight excluding hydrogens is 248 g/mol. The molecule has 2 aromatic rings. The summed E-state index contributed by atoms with van der Waals surface area (Å²) in [6, 6.07) is 4.04. The highest BCUT2D eigenvalue weighted by atomic mass is 35.5. The molecule has 0 bridgehead atoms. The minimum absolute atomic E-state index is 0.262. The van der Waals surface area contributed by atoms with E-state index in [2.05, 4.69) is 33.5 Å². The van der Waals surface area contributed by atoms with Gasteiger partial charge < -0.3 is 10.6 Å². The van der Waals surface area contributed by atoms with Crippen LogP contribution in [0.1, 0.15) is 0 Å². The molecule has 0 saturated carbocycles. The third kappa shape index (κ3) is 2.07. The van der Waals surface area contributed by atoms with Gasteiger partial charge in [-0.2, -0.15) is 5.10 Å². The van der Waals surface area contributed by atoms with E-state index in [9.17, 15) is 0 Å². The largest absolute Gasteiger partial charge is 0.382 e. The molecule has 0 aliphatic carbocycles. The standard InChI is InChI=1S/C13H13ClN4/c1-8-2-3-10(17-8)6-15-12-4-9(14)5-13-11(12)7-16-18-13/h2-5,7,10,15,17H,1,6H2,(H,16,18)/t10-/m0/s1. The lowest BCUT2D eigenvalue weighted by Gasteiger charge is -2.13. The minimum atomic E-state index is 0.262. The zero-order valence-corrected chi connectivity index (χ0v) is 10.5.